The molecule has 2 aromatic carbocycles. The van der Waals surface area contributed by atoms with E-state index in [4.69, 9.17) is 4.74 Å². The number of benzene rings is 2. The number of amides is 1. The topological polar surface area (TPSA) is 46.6 Å². The number of aryl methyl sites for hydroxylation is 1. The number of hydrogen-bond donors (Lipinski definition) is 0. The normalized spacial score (nSPS) is 10.6. The number of ether oxygens (including phenoxy) is 1. The summed E-state index contributed by atoms with van der Waals surface area (Å²) < 4.78 is 33.1. The van der Waals surface area contributed by atoms with Gasteiger partial charge in [0.15, 0.2) is 0 Å². The fraction of sp³-hybridized carbons (Fsp3) is 0.143. The number of halogens is 2. The Morgan fingerprint density at radius 3 is 2.54 bits per heavy atom. The van der Waals surface area contributed by atoms with Crippen LogP contribution in [-0.4, -0.2) is 18.5 Å². The van der Waals surface area contributed by atoms with E-state index in [1.807, 2.05) is 6.92 Å². The van der Waals surface area contributed by atoms with Gasteiger partial charge in [0.25, 0.3) is 5.91 Å². The number of nitrogens with zero attached hydrogens (tertiary/aromatic N) is 1. The van der Waals surface area contributed by atoms with E-state index in [2.05, 4.69) is 0 Å². The maximum absolute atomic E-state index is 14.4. The van der Waals surface area contributed by atoms with Crippen LogP contribution in [0.25, 0.3) is 10.4 Å². The highest BCUT2D eigenvalue weighted by Gasteiger charge is 2.22. The van der Waals surface area contributed by atoms with Crippen molar-refractivity contribution in [2.45, 2.75) is 13.8 Å². The van der Waals surface area contributed by atoms with E-state index in [0.29, 0.717) is 5.56 Å². The van der Waals surface area contributed by atoms with E-state index >= 15 is 0 Å². The predicted molar refractivity (Wildman–Crippen MR) is 105 cm³/mol. The molecular formula is C21H17F2NO3S. The Hall–Kier alpha value is -3.06. The first-order valence-corrected chi connectivity index (χ1v) is 9.36. The number of rotatable bonds is 5. The van der Waals surface area contributed by atoms with E-state index in [1.165, 1.54) is 24.3 Å². The Morgan fingerprint density at radius 1 is 1.11 bits per heavy atom. The van der Waals surface area contributed by atoms with Gasteiger partial charge >= 0.3 is 5.97 Å². The number of para-hydroxylation sites is 1. The number of anilines is 1. The third kappa shape index (κ3) is 3.94. The first kappa shape index (κ1) is 19.7. The van der Waals surface area contributed by atoms with Gasteiger partial charge in [0.2, 0.25) is 0 Å². The van der Waals surface area contributed by atoms with E-state index in [0.717, 1.165) is 33.4 Å². The largest absolute Gasteiger partial charge is 0.462 e. The van der Waals surface area contributed by atoms with Crippen molar-refractivity contribution in [2.24, 2.45) is 0 Å². The second kappa shape index (κ2) is 8.31. The Balaban J connectivity index is 1.85. The summed E-state index contributed by atoms with van der Waals surface area (Å²) in [6.45, 7) is 3.86. The molecule has 0 aliphatic carbocycles. The highest BCUT2D eigenvalue weighted by molar-refractivity contribution is 7.17. The van der Waals surface area contributed by atoms with Gasteiger partial charge in [-0.05, 0) is 61.4 Å². The Bertz CT molecular complexity index is 1030. The standard InChI is InChI=1S/C21H17F2NO3S/c1-3-27-21(26)14-8-9-15(13(2)12-14)18-10-11-19(28-18)20(25)24(23)17-7-5-4-6-16(17)22/h4-12H,3H2,1-2H3. The molecular weight excluding hydrogens is 384 g/mol. The summed E-state index contributed by atoms with van der Waals surface area (Å²) >= 11 is 1.09. The first-order chi connectivity index (χ1) is 13.4. The molecule has 1 heterocycles. The summed E-state index contributed by atoms with van der Waals surface area (Å²) in [6, 6.07) is 13.4. The van der Waals surface area contributed by atoms with Gasteiger partial charge < -0.3 is 4.74 Å². The van der Waals surface area contributed by atoms with Crippen molar-refractivity contribution in [3.63, 3.8) is 0 Å². The van der Waals surface area contributed by atoms with Crippen molar-refractivity contribution in [1.29, 1.82) is 0 Å². The SMILES string of the molecule is CCOC(=O)c1ccc(-c2ccc(C(=O)N(F)c3ccccc3F)s2)c(C)c1. The second-order valence-electron chi connectivity index (χ2n) is 5.95. The molecule has 144 valence electrons. The van der Waals surface area contributed by atoms with Crippen molar-refractivity contribution in [3.05, 3.63) is 76.4 Å². The minimum Gasteiger partial charge on any atom is -0.462 e. The minimum atomic E-state index is -0.942. The summed E-state index contributed by atoms with van der Waals surface area (Å²) in [4.78, 5) is 25.1. The number of esters is 1. The number of hydrogen-bond acceptors (Lipinski definition) is 4. The van der Waals surface area contributed by atoms with Gasteiger partial charge in [-0.25, -0.2) is 9.18 Å². The smallest absolute Gasteiger partial charge is 0.338 e. The molecule has 0 bridgehead atoms. The van der Waals surface area contributed by atoms with Crippen LogP contribution in [0, 0.1) is 12.7 Å². The average molecular weight is 401 g/mol. The van der Waals surface area contributed by atoms with E-state index < -0.39 is 23.4 Å². The highest BCUT2D eigenvalue weighted by Crippen LogP contribution is 2.33. The summed E-state index contributed by atoms with van der Waals surface area (Å²) in [7, 11) is 0. The number of thiophene rings is 1. The van der Waals surface area contributed by atoms with Crippen LogP contribution >= 0.6 is 11.3 Å². The molecule has 1 amide bonds. The monoisotopic (exact) mass is 401 g/mol. The zero-order valence-corrected chi connectivity index (χ0v) is 16.1. The lowest BCUT2D eigenvalue weighted by atomic mass is 10.0. The van der Waals surface area contributed by atoms with Crippen LogP contribution in [0.15, 0.2) is 54.6 Å². The summed E-state index contributed by atoms with van der Waals surface area (Å²) in [5.41, 5.74) is 1.63. The van der Waals surface area contributed by atoms with Crippen LogP contribution in [0.2, 0.25) is 0 Å². The van der Waals surface area contributed by atoms with Gasteiger partial charge in [0.1, 0.15) is 11.5 Å². The van der Waals surface area contributed by atoms with Crippen LogP contribution in [0.4, 0.5) is 14.6 Å². The fourth-order valence-corrected chi connectivity index (χ4v) is 3.71. The lowest BCUT2D eigenvalue weighted by molar-refractivity contribution is 0.0526. The molecule has 3 aromatic rings. The average Bonchev–Trinajstić information content (AvgIpc) is 3.17. The van der Waals surface area contributed by atoms with Crippen LogP contribution in [0.3, 0.4) is 0 Å². The van der Waals surface area contributed by atoms with Crippen LogP contribution < -0.4 is 5.12 Å². The molecule has 0 atom stereocenters. The van der Waals surface area contributed by atoms with Crippen molar-refractivity contribution in [1.82, 2.24) is 0 Å². The molecule has 28 heavy (non-hydrogen) atoms. The Kier molecular flexibility index (Phi) is 5.84. The molecule has 0 spiro atoms. The Labute approximate surface area is 164 Å². The van der Waals surface area contributed by atoms with Crippen LogP contribution in [0.5, 0.6) is 0 Å². The van der Waals surface area contributed by atoms with E-state index in [9.17, 15) is 18.5 Å². The van der Waals surface area contributed by atoms with E-state index in [1.54, 1.807) is 31.2 Å². The van der Waals surface area contributed by atoms with Gasteiger partial charge in [0, 0.05) is 4.88 Å². The third-order valence-electron chi connectivity index (χ3n) is 4.06. The summed E-state index contributed by atoms with van der Waals surface area (Å²) in [5.74, 6) is -2.17. The van der Waals surface area contributed by atoms with Crippen molar-refractivity contribution in [3.8, 4) is 10.4 Å². The molecule has 0 saturated carbocycles. The van der Waals surface area contributed by atoms with Crippen molar-refractivity contribution in [2.75, 3.05) is 11.7 Å². The molecule has 0 saturated heterocycles. The maximum atomic E-state index is 14.4. The quantitative estimate of drug-likeness (QED) is 0.415. The molecule has 0 N–H and O–H groups in total. The van der Waals surface area contributed by atoms with Gasteiger partial charge in [-0.1, -0.05) is 22.7 Å². The zero-order valence-electron chi connectivity index (χ0n) is 15.2. The van der Waals surface area contributed by atoms with Crippen molar-refractivity contribution >= 4 is 28.9 Å². The molecule has 4 nitrogen and oxygen atoms in total. The fourth-order valence-electron chi connectivity index (χ4n) is 2.70. The van der Waals surface area contributed by atoms with Gasteiger partial charge in [-0.2, -0.15) is 0 Å². The minimum absolute atomic E-state index is 0.134. The first-order valence-electron chi connectivity index (χ1n) is 8.55. The maximum Gasteiger partial charge on any atom is 0.338 e. The Morgan fingerprint density at radius 2 is 1.86 bits per heavy atom. The lowest BCUT2D eigenvalue weighted by Gasteiger charge is -2.11. The lowest BCUT2D eigenvalue weighted by Crippen LogP contribution is -2.21. The van der Waals surface area contributed by atoms with Crippen LogP contribution in [0.1, 0.15) is 32.5 Å². The van der Waals surface area contributed by atoms with E-state index in [-0.39, 0.29) is 16.6 Å². The third-order valence-corrected chi connectivity index (χ3v) is 5.17. The highest BCUT2D eigenvalue weighted by atomic mass is 32.1. The number of carbonyl (C=O) groups is 2. The predicted octanol–water partition coefficient (Wildman–Crippen LogP) is 5.57. The molecule has 7 heteroatoms. The van der Waals surface area contributed by atoms with Crippen molar-refractivity contribution < 1.29 is 23.2 Å². The molecule has 0 aliphatic heterocycles. The molecule has 0 fully saturated rings. The second-order valence-corrected chi connectivity index (χ2v) is 7.04. The molecule has 0 radical (unpaired) electrons. The summed E-state index contributed by atoms with van der Waals surface area (Å²) in [5, 5.41) is -0.193. The van der Waals surface area contributed by atoms with Gasteiger partial charge in [-0.3, -0.25) is 4.79 Å². The summed E-state index contributed by atoms with van der Waals surface area (Å²) in [6.07, 6.45) is 0. The van der Waals surface area contributed by atoms with Gasteiger partial charge in [-0.15, -0.1) is 16.5 Å². The van der Waals surface area contributed by atoms with Crippen LogP contribution in [-0.2, 0) is 4.74 Å². The zero-order chi connectivity index (χ0) is 20.3. The molecule has 3 rings (SSSR count). The molecule has 0 aliphatic rings. The number of carbonyl (C=O) groups excluding carboxylic acids is 2. The molecule has 1 aromatic heterocycles. The molecule has 0 unspecified atom stereocenters. The van der Waals surface area contributed by atoms with Gasteiger partial charge in [0.05, 0.1) is 17.0 Å².